The number of hydrogen-bond acceptors (Lipinski definition) is 6. The first kappa shape index (κ1) is 22.2. The molecular formula is C26H28N6O2. The Hall–Kier alpha value is -3.62. The molecule has 1 amide bonds. The fourth-order valence-electron chi connectivity index (χ4n) is 4.65. The number of para-hydroxylation sites is 1. The lowest BCUT2D eigenvalue weighted by Gasteiger charge is -2.28. The first-order valence-electron chi connectivity index (χ1n) is 11.6. The van der Waals surface area contributed by atoms with Crippen LogP contribution in [0.4, 0.5) is 0 Å². The zero-order valence-electron chi connectivity index (χ0n) is 19.2. The highest BCUT2D eigenvalue weighted by Gasteiger charge is 2.29. The smallest absolute Gasteiger partial charge is 0.272 e. The molecule has 0 saturated heterocycles. The summed E-state index contributed by atoms with van der Waals surface area (Å²) in [5, 5.41) is 17.2. The van der Waals surface area contributed by atoms with E-state index in [1.165, 1.54) is 0 Å². The molecule has 1 aliphatic heterocycles. The highest BCUT2D eigenvalue weighted by atomic mass is 16.3. The van der Waals surface area contributed by atoms with Crippen LogP contribution in [0.3, 0.4) is 0 Å². The largest absolute Gasteiger partial charge is 0.394 e. The van der Waals surface area contributed by atoms with Crippen molar-refractivity contribution >= 4 is 16.9 Å². The van der Waals surface area contributed by atoms with Gasteiger partial charge in [-0.05, 0) is 24.1 Å². The molecule has 0 saturated carbocycles. The molecule has 1 aliphatic rings. The Labute approximate surface area is 198 Å². The summed E-state index contributed by atoms with van der Waals surface area (Å²) in [4.78, 5) is 24.5. The van der Waals surface area contributed by atoms with Crippen LogP contribution < -0.4 is 5.32 Å². The van der Waals surface area contributed by atoms with Gasteiger partial charge in [0.1, 0.15) is 0 Å². The first-order chi connectivity index (χ1) is 16.6. The fraction of sp³-hybridized carbons (Fsp3) is 0.308. The summed E-state index contributed by atoms with van der Waals surface area (Å²) in [6, 6.07) is 15.8. The van der Waals surface area contributed by atoms with E-state index in [1.54, 1.807) is 17.1 Å². The second-order valence-electron chi connectivity index (χ2n) is 8.63. The Kier molecular flexibility index (Phi) is 6.33. The van der Waals surface area contributed by atoms with Crippen LogP contribution in [-0.2, 0) is 26.1 Å². The van der Waals surface area contributed by atoms with E-state index in [-0.39, 0.29) is 18.6 Å². The number of aliphatic hydroxyl groups is 1. The minimum Gasteiger partial charge on any atom is -0.394 e. The number of nitrogens with one attached hydrogen (secondary N) is 1. The van der Waals surface area contributed by atoms with Gasteiger partial charge in [0.05, 0.1) is 30.2 Å². The molecule has 0 aliphatic carbocycles. The molecule has 8 nitrogen and oxygen atoms in total. The van der Waals surface area contributed by atoms with Crippen LogP contribution in [0.15, 0.2) is 60.9 Å². The van der Waals surface area contributed by atoms with Crippen molar-refractivity contribution in [1.82, 2.24) is 30.0 Å². The molecule has 2 N–H and O–H groups in total. The number of hydrogen-bond donors (Lipinski definition) is 2. The number of amides is 1. The van der Waals surface area contributed by atoms with E-state index in [1.807, 2.05) is 49.4 Å². The van der Waals surface area contributed by atoms with E-state index in [4.69, 9.17) is 0 Å². The van der Waals surface area contributed by atoms with Crippen LogP contribution in [0.1, 0.15) is 45.8 Å². The normalized spacial score (nSPS) is 14.6. The van der Waals surface area contributed by atoms with Gasteiger partial charge in [-0.2, -0.15) is 5.10 Å². The number of carbonyl (C=O) groups excluding carboxylic acids is 1. The zero-order valence-corrected chi connectivity index (χ0v) is 19.2. The van der Waals surface area contributed by atoms with Gasteiger partial charge in [-0.25, -0.2) is 0 Å². The Morgan fingerprint density at radius 2 is 1.94 bits per heavy atom. The molecule has 0 spiro atoms. The SMILES string of the molecule is CC(NC(=O)c1nn(CCO)c2c1CN(Cc1cccc3nccnc13)CC2)c1ccccc1. The second-order valence-corrected chi connectivity index (χ2v) is 8.63. The Balaban J connectivity index is 1.40. The molecular weight excluding hydrogens is 428 g/mol. The highest BCUT2D eigenvalue weighted by molar-refractivity contribution is 5.94. The average molecular weight is 457 g/mol. The van der Waals surface area contributed by atoms with Gasteiger partial charge >= 0.3 is 0 Å². The van der Waals surface area contributed by atoms with Gasteiger partial charge in [0, 0.05) is 49.7 Å². The zero-order chi connectivity index (χ0) is 23.5. The molecule has 0 bridgehead atoms. The maximum atomic E-state index is 13.3. The summed E-state index contributed by atoms with van der Waals surface area (Å²) in [5.74, 6) is -0.192. The van der Waals surface area contributed by atoms with E-state index in [0.717, 1.165) is 46.4 Å². The quantitative estimate of drug-likeness (QED) is 0.444. The van der Waals surface area contributed by atoms with Gasteiger partial charge in [0.25, 0.3) is 5.91 Å². The number of rotatable bonds is 7. The average Bonchev–Trinajstić information content (AvgIpc) is 3.23. The predicted octanol–water partition coefficient (Wildman–Crippen LogP) is 2.87. The molecule has 3 heterocycles. The van der Waals surface area contributed by atoms with Crippen LogP contribution in [0, 0.1) is 0 Å². The lowest BCUT2D eigenvalue weighted by molar-refractivity contribution is 0.0931. The number of benzene rings is 2. The van der Waals surface area contributed by atoms with Gasteiger partial charge in [-0.15, -0.1) is 0 Å². The van der Waals surface area contributed by atoms with Crippen molar-refractivity contribution in [3.05, 3.63) is 89.0 Å². The van der Waals surface area contributed by atoms with Crippen LogP contribution >= 0.6 is 0 Å². The van der Waals surface area contributed by atoms with Crippen molar-refractivity contribution in [3.63, 3.8) is 0 Å². The van der Waals surface area contributed by atoms with Crippen molar-refractivity contribution in [2.45, 2.75) is 39.0 Å². The third-order valence-electron chi connectivity index (χ3n) is 6.36. The van der Waals surface area contributed by atoms with Crippen molar-refractivity contribution in [2.75, 3.05) is 13.2 Å². The number of carbonyl (C=O) groups is 1. The fourth-order valence-corrected chi connectivity index (χ4v) is 4.65. The maximum absolute atomic E-state index is 13.3. The topological polar surface area (TPSA) is 96.2 Å². The van der Waals surface area contributed by atoms with Crippen molar-refractivity contribution in [1.29, 1.82) is 0 Å². The molecule has 4 aromatic rings. The number of aromatic nitrogens is 4. The molecule has 2 aromatic carbocycles. The summed E-state index contributed by atoms with van der Waals surface area (Å²) in [6.07, 6.45) is 4.19. The Morgan fingerprint density at radius 3 is 2.76 bits per heavy atom. The van der Waals surface area contributed by atoms with Gasteiger partial charge < -0.3 is 10.4 Å². The second kappa shape index (κ2) is 9.70. The Morgan fingerprint density at radius 1 is 1.12 bits per heavy atom. The van der Waals surface area contributed by atoms with Crippen LogP contribution in [0.5, 0.6) is 0 Å². The molecule has 1 unspecified atom stereocenters. The minimum absolute atomic E-state index is 0.0199. The van der Waals surface area contributed by atoms with Crippen LogP contribution in [-0.4, -0.2) is 48.8 Å². The number of aliphatic hydroxyl groups excluding tert-OH is 1. The van der Waals surface area contributed by atoms with Crippen LogP contribution in [0.2, 0.25) is 0 Å². The highest BCUT2D eigenvalue weighted by Crippen LogP contribution is 2.26. The summed E-state index contributed by atoms with van der Waals surface area (Å²) in [6.45, 7) is 4.49. The standard InChI is InChI=1S/C26H28N6O2/c1-18(19-6-3-2-4-7-19)29-26(34)25-21-17-31(13-10-23(21)32(30-25)14-15-33)16-20-8-5-9-22-24(20)28-12-11-27-22/h2-9,11-12,18,33H,10,13-17H2,1H3,(H,29,34). The molecule has 0 radical (unpaired) electrons. The first-order valence-corrected chi connectivity index (χ1v) is 11.6. The lowest BCUT2D eigenvalue weighted by Crippen LogP contribution is -2.33. The van der Waals surface area contributed by atoms with Crippen LogP contribution in [0.25, 0.3) is 11.0 Å². The molecule has 0 fully saturated rings. The lowest BCUT2D eigenvalue weighted by atomic mass is 10.0. The van der Waals surface area contributed by atoms with E-state index < -0.39 is 0 Å². The molecule has 34 heavy (non-hydrogen) atoms. The van der Waals surface area contributed by atoms with E-state index in [9.17, 15) is 9.90 Å². The molecule has 5 rings (SSSR count). The summed E-state index contributed by atoms with van der Waals surface area (Å²) in [5.41, 5.74) is 6.33. The van der Waals surface area contributed by atoms with Gasteiger partial charge in [-0.1, -0.05) is 42.5 Å². The molecule has 1 atom stereocenters. The summed E-state index contributed by atoms with van der Waals surface area (Å²) < 4.78 is 1.79. The van der Waals surface area contributed by atoms with E-state index >= 15 is 0 Å². The molecule has 174 valence electrons. The molecule has 2 aromatic heterocycles. The monoisotopic (exact) mass is 456 g/mol. The van der Waals surface area contributed by atoms with Gasteiger partial charge in [0.2, 0.25) is 0 Å². The summed E-state index contributed by atoms with van der Waals surface area (Å²) in [7, 11) is 0. The maximum Gasteiger partial charge on any atom is 0.272 e. The van der Waals surface area contributed by atoms with Crippen molar-refractivity contribution in [2.24, 2.45) is 0 Å². The predicted molar refractivity (Wildman–Crippen MR) is 129 cm³/mol. The third-order valence-corrected chi connectivity index (χ3v) is 6.36. The van der Waals surface area contributed by atoms with Crippen molar-refractivity contribution < 1.29 is 9.90 Å². The third kappa shape index (κ3) is 4.42. The summed E-state index contributed by atoms with van der Waals surface area (Å²) >= 11 is 0. The van der Waals surface area contributed by atoms with Gasteiger partial charge in [-0.3, -0.25) is 24.3 Å². The van der Waals surface area contributed by atoms with E-state index in [0.29, 0.717) is 25.3 Å². The number of fused-ring (bicyclic) bond motifs is 2. The number of nitrogens with zero attached hydrogens (tertiary/aromatic N) is 5. The van der Waals surface area contributed by atoms with Gasteiger partial charge in [0.15, 0.2) is 5.69 Å². The minimum atomic E-state index is -0.192. The van der Waals surface area contributed by atoms with Crippen molar-refractivity contribution in [3.8, 4) is 0 Å². The Bertz CT molecular complexity index is 1300. The van der Waals surface area contributed by atoms with E-state index in [2.05, 4.69) is 31.3 Å². The molecule has 8 heteroatoms.